The Bertz CT molecular complexity index is 864. The average Bonchev–Trinajstić information content (AvgIpc) is 3.00. The SMILES string of the molecule is CCCCCCCCCCCCC(O)C(=O)NC(COC1OC(CO)C(O)C(OS(=O)(=O)O)C1O)C(O)CCCCCCCC. The molecule has 0 aromatic rings. The fraction of sp³-hybridized carbons (Fsp3) is 0.968. The van der Waals surface area contributed by atoms with Gasteiger partial charge in [-0.3, -0.25) is 9.35 Å². The van der Waals surface area contributed by atoms with Crippen molar-refractivity contribution in [2.45, 2.75) is 178 Å². The molecule has 1 aliphatic heterocycles. The second-order valence-corrected chi connectivity index (χ2v) is 13.3. The highest BCUT2D eigenvalue weighted by Crippen LogP contribution is 2.26. The van der Waals surface area contributed by atoms with Gasteiger partial charge in [0.15, 0.2) is 6.29 Å². The summed E-state index contributed by atoms with van der Waals surface area (Å²) in [7, 11) is -5.09. The lowest BCUT2D eigenvalue weighted by molar-refractivity contribution is -0.298. The molecule has 1 aliphatic rings. The van der Waals surface area contributed by atoms with Crippen LogP contribution >= 0.6 is 0 Å². The molecule has 0 aromatic carbocycles. The zero-order valence-electron chi connectivity index (χ0n) is 27.3. The smallest absolute Gasteiger partial charge is 0.394 e. The second-order valence-electron chi connectivity index (χ2n) is 12.3. The molecule has 1 heterocycles. The first-order chi connectivity index (χ1) is 21.4. The summed E-state index contributed by atoms with van der Waals surface area (Å²) in [5, 5.41) is 54.5. The molecule has 0 bridgehead atoms. The first-order valence-corrected chi connectivity index (χ1v) is 18.4. The fourth-order valence-corrected chi connectivity index (χ4v) is 5.97. The van der Waals surface area contributed by atoms with Gasteiger partial charge in [0.1, 0.15) is 30.5 Å². The highest BCUT2D eigenvalue weighted by molar-refractivity contribution is 7.80. The first-order valence-electron chi connectivity index (χ1n) is 17.0. The van der Waals surface area contributed by atoms with E-state index in [9.17, 15) is 38.7 Å². The van der Waals surface area contributed by atoms with Crippen LogP contribution in [-0.2, 0) is 28.9 Å². The van der Waals surface area contributed by atoms with Crippen LogP contribution in [0.15, 0.2) is 0 Å². The normalized spacial score (nSPS) is 24.3. The van der Waals surface area contributed by atoms with Crippen molar-refractivity contribution < 1.29 is 57.0 Å². The van der Waals surface area contributed by atoms with Gasteiger partial charge < -0.3 is 40.3 Å². The van der Waals surface area contributed by atoms with Gasteiger partial charge in [-0.25, -0.2) is 4.18 Å². The lowest BCUT2D eigenvalue weighted by Gasteiger charge is -2.41. The van der Waals surface area contributed by atoms with Gasteiger partial charge in [0.05, 0.1) is 25.4 Å². The lowest BCUT2D eigenvalue weighted by Crippen LogP contribution is -2.61. The first kappa shape index (κ1) is 42.1. The van der Waals surface area contributed by atoms with E-state index in [1.807, 2.05) is 0 Å². The summed E-state index contributed by atoms with van der Waals surface area (Å²) in [6.45, 7) is 3.12. The molecule has 1 fully saturated rings. The minimum Gasteiger partial charge on any atom is -0.394 e. The minimum atomic E-state index is -5.09. The van der Waals surface area contributed by atoms with E-state index < -0.39 is 78.5 Å². The van der Waals surface area contributed by atoms with Gasteiger partial charge in [-0.15, -0.1) is 0 Å². The van der Waals surface area contributed by atoms with Crippen molar-refractivity contribution in [3.8, 4) is 0 Å². The van der Waals surface area contributed by atoms with E-state index >= 15 is 0 Å². The molecule has 13 nitrogen and oxygen atoms in total. The Hall–Kier alpha value is -0.940. The molecule has 1 saturated heterocycles. The van der Waals surface area contributed by atoms with Gasteiger partial charge in [0, 0.05) is 0 Å². The molecule has 0 saturated carbocycles. The summed E-state index contributed by atoms with van der Waals surface area (Å²) >= 11 is 0. The number of nitrogens with one attached hydrogen (secondary N) is 1. The maximum atomic E-state index is 12.9. The number of rotatable bonds is 27. The highest BCUT2D eigenvalue weighted by Gasteiger charge is 2.48. The molecule has 8 unspecified atom stereocenters. The van der Waals surface area contributed by atoms with Crippen LogP contribution in [-0.4, -0.2) is 107 Å². The number of unbranched alkanes of at least 4 members (excludes halogenated alkanes) is 14. The molecule has 0 aliphatic carbocycles. The average molecular weight is 672 g/mol. The van der Waals surface area contributed by atoms with Crippen LogP contribution < -0.4 is 5.32 Å². The number of amides is 1. The number of hydrogen-bond donors (Lipinski definition) is 7. The summed E-state index contributed by atoms with van der Waals surface area (Å²) in [6, 6.07) is -1.02. The quantitative estimate of drug-likeness (QED) is 0.0496. The van der Waals surface area contributed by atoms with Crippen LogP contribution in [0.25, 0.3) is 0 Å². The van der Waals surface area contributed by atoms with E-state index in [1.165, 1.54) is 38.5 Å². The Labute approximate surface area is 270 Å². The van der Waals surface area contributed by atoms with Gasteiger partial charge in [-0.2, -0.15) is 8.42 Å². The molecule has 0 radical (unpaired) electrons. The minimum absolute atomic E-state index is 0.263. The molecule has 8 atom stereocenters. The Morgan fingerprint density at radius 1 is 0.800 bits per heavy atom. The van der Waals surface area contributed by atoms with Gasteiger partial charge in [0.2, 0.25) is 5.91 Å². The van der Waals surface area contributed by atoms with Crippen molar-refractivity contribution in [3.05, 3.63) is 0 Å². The van der Waals surface area contributed by atoms with Crippen LogP contribution in [0, 0.1) is 0 Å². The van der Waals surface area contributed by atoms with Crippen molar-refractivity contribution >= 4 is 16.3 Å². The van der Waals surface area contributed by atoms with Crippen LogP contribution in [0.3, 0.4) is 0 Å². The molecule has 1 amide bonds. The summed E-state index contributed by atoms with van der Waals surface area (Å²) < 4.78 is 47.0. The molecule has 7 N–H and O–H groups in total. The zero-order chi connectivity index (χ0) is 33.7. The van der Waals surface area contributed by atoms with E-state index in [0.717, 1.165) is 51.4 Å². The molecule has 0 aromatic heterocycles. The van der Waals surface area contributed by atoms with Gasteiger partial charge in [-0.1, -0.05) is 117 Å². The standard InChI is InChI=1S/C31H61NO12S/c1-3-5-7-9-11-12-13-14-16-18-20-25(35)30(38)32-23(24(34)19-17-15-10-8-6-4-2)22-42-31-28(37)29(44-45(39,40)41)27(36)26(21-33)43-31/h23-29,31,33-37H,3-22H2,1-2H3,(H,32,38)(H,39,40,41). The zero-order valence-corrected chi connectivity index (χ0v) is 28.1. The predicted molar refractivity (Wildman–Crippen MR) is 169 cm³/mol. The van der Waals surface area contributed by atoms with E-state index in [1.54, 1.807) is 0 Å². The van der Waals surface area contributed by atoms with Crippen molar-refractivity contribution in [2.75, 3.05) is 13.2 Å². The summed E-state index contributed by atoms with van der Waals surface area (Å²) in [5.41, 5.74) is 0. The largest absolute Gasteiger partial charge is 0.397 e. The second kappa shape index (κ2) is 24.2. The Morgan fingerprint density at radius 3 is 1.78 bits per heavy atom. The third-order valence-corrected chi connectivity index (χ3v) is 8.74. The summed E-state index contributed by atoms with van der Waals surface area (Å²) in [6.07, 6.45) is 6.59. The fourth-order valence-electron chi connectivity index (χ4n) is 5.46. The number of hydrogen-bond acceptors (Lipinski definition) is 11. The number of aliphatic hydroxyl groups excluding tert-OH is 5. The number of ether oxygens (including phenoxy) is 2. The molecular weight excluding hydrogens is 610 g/mol. The number of carbonyl (C=O) groups is 1. The van der Waals surface area contributed by atoms with E-state index in [4.69, 9.17) is 14.0 Å². The number of carbonyl (C=O) groups excluding carboxylic acids is 1. The van der Waals surface area contributed by atoms with E-state index in [2.05, 4.69) is 23.3 Å². The van der Waals surface area contributed by atoms with Crippen LogP contribution in [0.4, 0.5) is 0 Å². The van der Waals surface area contributed by atoms with E-state index in [0.29, 0.717) is 19.3 Å². The summed E-state index contributed by atoms with van der Waals surface area (Å²) in [4.78, 5) is 12.9. The third-order valence-electron chi connectivity index (χ3n) is 8.27. The Kier molecular flexibility index (Phi) is 22.7. The van der Waals surface area contributed by atoms with Crippen molar-refractivity contribution in [2.24, 2.45) is 0 Å². The maximum Gasteiger partial charge on any atom is 0.397 e. The maximum absolute atomic E-state index is 12.9. The van der Waals surface area contributed by atoms with Crippen molar-refractivity contribution in [1.82, 2.24) is 5.32 Å². The summed E-state index contributed by atoms with van der Waals surface area (Å²) in [5.74, 6) is -0.678. The number of aliphatic hydroxyl groups is 5. The monoisotopic (exact) mass is 671 g/mol. The van der Waals surface area contributed by atoms with E-state index in [-0.39, 0.29) is 6.42 Å². The van der Waals surface area contributed by atoms with Crippen molar-refractivity contribution in [1.29, 1.82) is 0 Å². The highest BCUT2D eigenvalue weighted by atomic mass is 32.3. The molecular formula is C31H61NO12S. The van der Waals surface area contributed by atoms with Gasteiger partial charge in [-0.05, 0) is 12.8 Å². The molecule has 0 spiro atoms. The van der Waals surface area contributed by atoms with Crippen LogP contribution in [0.1, 0.15) is 129 Å². The Balaban J connectivity index is 2.72. The molecule has 1 rings (SSSR count). The molecule has 14 heteroatoms. The van der Waals surface area contributed by atoms with Crippen LogP contribution in [0.5, 0.6) is 0 Å². The lowest BCUT2D eigenvalue weighted by atomic mass is 9.99. The van der Waals surface area contributed by atoms with Gasteiger partial charge in [0.25, 0.3) is 0 Å². The molecule has 268 valence electrons. The van der Waals surface area contributed by atoms with Crippen molar-refractivity contribution in [3.63, 3.8) is 0 Å². The predicted octanol–water partition coefficient (Wildman–Crippen LogP) is 2.90. The van der Waals surface area contributed by atoms with Crippen LogP contribution in [0.2, 0.25) is 0 Å². The Morgan fingerprint density at radius 2 is 1.29 bits per heavy atom. The molecule has 45 heavy (non-hydrogen) atoms. The van der Waals surface area contributed by atoms with Gasteiger partial charge >= 0.3 is 10.4 Å². The third kappa shape index (κ3) is 18.3. The topological polar surface area (TPSA) is 212 Å².